The number of hydrogen-bond acceptors (Lipinski definition) is 3. The van der Waals surface area contributed by atoms with Gasteiger partial charge in [0.25, 0.3) is 5.91 Å². The number of nitrogens with zero attached hydrogens (tertiary/aromatic N) is 3. The van der Waals surface area contributed by atoms with Gasteiger partial charge in [0.1, 0.15) is 0 Å². The molecule has 0 fully saturated rings. The lowest BCUT2D eigenvalue weighted by Crippen LogP contribution is -2.21. The van der Waals surface area contributed by atoms with Crippen LogP contribution in [0.25, 0.3) is 17.0 Å². The van der Waals surface area contributed by atoms with Crippen LogP contribution in [-0.4, -0.2) is 27.3 Å². The van der Waals surface area contributed by atoms with Crippen LogP contribution >= 0.6 is 0 Å². The number of hydrogen-bond donors (Lipinski definition) is 1. The Hall–Kier alpha value is -3.67. The molecule has 6 heteroatoms. The van der Waals surface area contributed by atoms with Crippen molar-refractivity contribution in [2.45, 2.75) is 26.8 Å². The number of para-hydroxylation sites is 1. The summed E-state index contributed by atoms with van der Waals surface area (Å²) in [5.74, 6) is -1.24. The largest absolute Gasteiger partial charge is 0.478 e. The molecule has 0 unspecified atom stereocenters. The third-order valence-electron chi connectivity index (χ3n) is 5.05. The highest BCUT2D eigenvalue weighted by Crippen LogP contribution is 2.29. The van der Waals surface area contributed by atoms with Gasteiger partial charge in [0.2, 0.25) is 0 Å². The summed E-state index contributed by atoms with van der Waals surface area (Å²) in [6.45, 7) is 6.05. The van der Waals surface area contributed by atoms with Crippen LogP contribution in [-0.2, 0) is 4.79 Å². The quantitative estimate of drug-likeness (QED) is 0.658. The number of carboxylic acids is 1. The fourth-order valence-electron chi connectivity index (χ4n) is 3.53. The van der Waals surface area contributed by atoms with Crippen LogP contribution in [0.1, 0.15) is 42.7 Å². The second-order valence-corrected chi connectivity index (χ2v) is 7.32. The fourth-order valence-corrected chi connectivity index (χ4v) is 3.53. The molecular weight excluding hydrogens is 366 g/mol. The van der Waals surface area contributed by atoms with Gasteiger partial charge >= 0.3 is 5.97 Å². The molecule has 1 N–H and O–H groups in total. The van der Waals surface area contributed by atoms with Crippen molar-refractivity contribution in [1.82, 2.24) is 4.57 Å². The molecule has 2 heterocycles. The fraction of sp³-hybridized carbons (Fsp3) is 0.174. The SMILES string of the molecule is CC1=NN(c2ccc(C(=O)O)cc2)C(=O)/C1=C\c1cn(C(C)C)c2ccccc12. The molecule has 2 aromatic carbocycles. The third kappa shape index (κ3) is 3.23. The van der Waals surface area contributed by atoms with Gasteiger partial charge in [-0.05, 0) is 57.2 Å². The van der Waals surface area contributed by atoms with Crippen LogP contribution in [0.4, 0.5) is 5.69 Å². The Kier molecular flexibility index (Phi) is 4.54. The first-order valence-corrected chi connectivity index (χ1v) is 9.41. The molecule has 0 atom stereocenters. The summed E-state index contributed by atoms with van der Waals surface area (Å²) in [5.41, 5.74) is 3.94. The molecule has 1 aliphatic rings. The smallest absolute Gasteiger partial charge is 0.335 e. The number of carboxylic acid groups (broad SMARTS) is 1. The van der Waals surface area contributed by atoms with E-state index >= 15 is 0 Å². The molecule has 29 heavy (non-hydrogen) atoms. The molecule has 0 radical (unpaired) electrons. The lowest BCUT2D eigenvalue weighted by atomic mass is 10.1. The van der Waals surface area contributed by atoms with Crippen molar-refractivity contribution in [3.05, 3.63) is 71.4 Å². The normalized spacial score (nSPS) is 15.6. The van der Waals surface area contributed by atoms with E-state index in [-0.39, 0.29) is 11.5 Å². The molecule has 0 bridgehead atoms. The Morgan fingerprint density at radius 1 is 1.10 bits per heavy atom. The van der Waals surface area contributed by atoms with Crippen molar-refractivity contribution in [3.63, 3.8) is 0 Å². The summed E-state index contributed by atoms with van der Waals surface area (Å²) in [5, 5.41) is 15.8. The van der Waals surface area contributed by atoms with Crippen molar-refractivity contribution in [1.29, 1.82) is 0 Å². The maximum atomic E-state index is 13.0. The van der Waals surface area contributed by atoms with Gasteiger partial charge in [0, 0.05) is 28.7 Å². The number of aromatic nitrogens is 1. The highest BCUT2D eigenvalue weighted by Gasteiger charge is 2.29. The zero-order valence-electron chi connectivity index (χ0n) is 16.5. The van der Waals surface area contributed by atoms with E-state index in [4.69, 9.17) is 5.11 Å². The number of rotatable bonds is 4. The number of carbonyl (C=O) groups excluding carboxylic acids is 1. The molecule has 0 saturated heterocycles. The zero-order chi connectivity index (χ0) is 20.7. The Morgan fingerprint density at radius 2 is 1.79 bits per heavy atom. The molecule has 0 saturated carbocycles. The minimum atomic E-state index is -1.01. The van der Waals surface area contributed by atoms with Gasteiger partial charge in [-0.15, -0.1) is 0 Å². The van der Waals surface area contributed by atoms with E-state index in [0.29, 0.717) is 23.0 Å². The maximum absolute atomic E-state index is 13.0. The number of amides is 1. The summed E-state index contributed by atoms with van der Waals surface area (Å²) in [6, 6.07) is 14.5. The van der Waals surface area contributed by atoms with Gasteiger partial charge in [-0.3, -0.25) is 4.79 Å². The van der Waals surface area contributed by atoms with Gasteiger partial charge in [0.15, 0.2) is 0 Å². The monoisotopic (exact) mass is 387 g/mol. The van der Waals surface area contributed by atoms with Gasteiger partial charge in [0.05, 0.1) is 22.5 Å². The minimum absolute atomic E-state index is 0.165. The van der Waals surface area contributed by atoms with Crippen molar-refractivity contribution >= 4 is 40.3 Å². The number of fused-ring (bicyclic) bond motifs is 1. The molecule has 146 valence electrons. The topological polar surface area (TPSA) is 74.9 Å². The molecule has 0 aliphatic carbocycles. The van der Waals surface area contributed by atoms with Crippen molar-refractivity contribution in [2.75, 3.05) is 5.01 Å². The predicted molar refractivity (Wildman–Crippen MR) is 114 cm³/mol. The van der Waals surface area contributed by atoms with Crippen molar-refractivity contribution in [3.8, 4) is 0 Å². The number of anilines is 1. The molecule has 1 aromatic heterocycles. The Morgan fingerprint density at radius 3 is 2.45 bits per heavy atom. The van der Waals surface area contributed by atoms with Gasteiger partial charge in [-0.25, -0.2) is 4.79 Å². The van der Waals surface area contributed by atoms with Crippen LogP contribution in [0.2, 0.25) is 0 Å². The second-order valence-electron chi connectivity index (χ2n) is 7.32. The van der Waals surface area contributed by atoms with Crippen LogP contribution in [0, 0.1) is 0 Å². The molecule has 1 amide bonds. The predicted octanol–water partition coefficient (Wildman–Crippen LogP) is 4.73. The van der Waals surface area contributed by atoms with E-state index in [2.05, 4.69) is 41.8 Å². The summed E-state index contributed by atoms with van der Waals surface area (Å²) in [4.78, 5) is 24.1. The molecule has 1 aliphatic heterocycles. The van der Waals surface area contributed by atoms with Crippen LogP contribution in [0.15, 0.2) is 65.4 Å². The van der Waals surface area contributed by atoms with Crippen LogP contribution in [0.3, 0.4) is 0 Å². The average molecular weight is 387 g/mol. The van der Waals surface area contributed by atoms with Crippen LogP contribution in [0.5, 0.6) is 0 Å². The number of aromatic carboxylic acids is 1. The van der Waals surface area contributed by atoms with Crippen molar-refractivity contribution < 1.29 is 14.7 Å². The van der Waals surface area contributed by atoms with E-state index < -0.39 is 5.97 Å². The van der Waals surface area contributed by atoms with E-state index in [1.54, 1.807) is 19.1 Å². The lowest BCUT2D eigenvalue weighted by molar-refractivity contribution is -0.114. The van der Waals surface area contributed by atoms with Gasteiger partial charge in [-0.1, -0.05) is 18.2 Å². The van der Waals surface area contributed by atoms with E-state index in [0.717, 1.165) is 16.5 Å². The summed E-state index contributed by atoms with van der Waals surface area (Å²) in [7, 11) is 0. The minimum Gasteiger partial charge on any atom is -0.478 e. The van der Waals surface area contributed by atoms with Crippen LogP contribution < -0.4 is 5.01 Å². The standard InChI is InChI=1S/C23H21N3O3/c1-14(2)25-13-17(19-6-4-5-7-21(19)25)12-20-15(3)24-26(22(20)27)18-10-8-16(9-11-18)23(28)29/h4-14H,1-3H3,(H,28,29)/b20-12-. The molecule has 3 aromatic rings. The highest BCUT2D eigenvalue weighted by atomic mass is 16.4. The lowest BCUT2D eigenvalue weighted by Gasteiger charge is -2.11. The summed E-state index contributed by atoms with van der Waals surface area (Å²) >= 11 is 0. The number of hydrazone groups is 1. The third-order valence-corrected chi connectivity index (χ3v) is 5.05. The second kappa shape index (κ2) is 7.05. The van der Waals surface area contributed by atoms with E-state index in [1.165, 1.54) is 17.1 Å². The molecule has 4 rings (SSSR count). The van der Waals surface area contributed by atoms with Crippen molar-refractivity contribution in [2.24, 2.45) is 5.10 Å². The Bertz CT molecular complexity index is 1180. The van der Waals surface area contributed by atoms with Gasteiger partial charge < -0.3 is 9.67 Å². The maximum Gasteiger partial charge on any atom is 0.335 e. The van der Waals surface area contributed by atoms with E-state index in [1.807, 2.05) is 18.2 Å². The van der Waals surface area contributed by atoms with Gasteiger partial charge in [-0.2, -0.15) is 10.1 Å². The summed E-state index contributed by atoms with van der Waals surface area (Å²) < 4.78 is 2.19. The first-order chi connectivity index (χ1) is 13.9. The first-order valence-electron chi connectivity index (χ1n) is 9.41. The molecular formula is C23H21N3O3. The Labute approximate surface area is 168 Å². The average Bonchev–Trinajstić information content (AvgIpc) is 3.21. The number of carbonyl (C=O) groups is 2. The van der Waals surface area contributed by atoms with E-state index in [9.17, 15) is 9.59 Å². The Balaban J connectivity index is 1.73. The number of benzene rings is 2. The summed E-state index contributed by atoms with van der Waals surface area (Å²) in [6.07, 6.45) is 3.95. The highest BCUT2D eigenvalue weighted by molar-refractivity contribution is 6.32. The first kappa shape index (κ1) is 18.7. The zero-order valence-corrected chi connectivity index (χ0v) is 16.5. The molecule has 0 spiro atoms. The molecule has 6 nitrogen and oxygen atoms in total.